The van der Waals surface area contributed by atoms with Crippen molar-refractivity contribution in [2.24, 2.45) is 11.8 Å². The van der Waals surface area contributed by atoms with Gasteiger partial charge in [0.2, 0.25) is 0 Å². The molecule has 0 aromatic carbocycles. The molecule has 0 unspecified atom stereocenters. The van der Waals surface area contributed by atoms with Gasteiger partial charge in [-0.2, -0.15) is 0 Å². The quantitative estimate of drug-likeness (QED) is 0.719. The lowest BCUT2D eigenvalue weighted by molar-refractivity contribution is -0.0847. The van der Waals surface area contributed by atoms with Crippen LogP contribution in [0.15, 0.2) is 18.5 Å². The highest BCUT2D eigenvalue weighted by molar-refractivity contribution is 6.72. The Balaban J connectivity index is 2.30. The largest absolute Gasteiger partial charge is 0.432 e. The van der Waals surface area contributed by atoms with E-state index in [0.29, 0.717) is 5.92 Å². The average Bonchev–Trinajstić information content (AvgIpc) is 2.43. The van der Waals surface area contributed by atoms with Gasteiger partial charge in [-0.05, 0) is 73.7 Å². The molecule has 1 heterocycles. The van der Waals surface area contributed by atoms with Gasteiger partial charge >= 0.3 is 0 Å². The first-order chi connectivity index (χ1) is 10.9. The molecule has 1 fully saturated rings. The second kappa shape index (κ2) is 6.43. The SMILES string of the molecule is C[C@@H]1C[C@H](c2ccncc2N)C[C@H](CC(C)(C)[Si](C)(C)O)[C@@]1(C)O. The Morgan fingerprint density at radius 1 is 1.38 bits per heavy atom. The normalized spacial score (nSPS) is 31.9. The second-order valence-electron chi connectivity index (χ2n) is 9.14. The second-order valence-corrected chi connectivity index (χ2v) is 13.6. The van der Waals surface area contributed by atoms with Crippen LogP contribution in [0.5, 0.6) is 0 Å². The number of hydrogen-bond donors (Lipinski definition) is 3. The van der Waals surface area contributed by atoms with Gasteiger partial charge < -0.3 is 15.6 Å². The molecule has 1 aromatic heterocycles. The molecular formula is C19H34N2O2Si. The molecule has 4 nitrogen and oxygen atoms in total. The first-order valence-electron chi connectivity index (χ1n) is 9.00. The molecule has 24 heavy (non-hydrogen) atoms. The fraction of sp³-hybridized carbons (Fsp3) is 0.737. The summed E-state index contributed by atoms with van der Waals surface area (Å²) < 4.78 is 0. The predicted octanol–water partition coefficient (Wildman–Crippen LogP) is 3.91. The van der Waals surface area contributed by atoms with Crippen molar-refractivity contribution in [3.63, 3.8) is 0 Å². The molecule has 0 bridgehead atoms. The minimum Gasteiger partial charge on any atom is -0.432 e. The third kappa shape index (κ3) is 3.68. The van der Waals surface area contributed by atoms with Gasteiger partial charge in [0.1, 0.15) is 0 Å². The van der Waals surface area contributed by atoms with E-state index in [-0.39, 0.29) is 16.9 Å². The molecule has 0 aliphatic heterocycles. The number of aromatic nitrogens is 1. The Bertz CT molecular complexity index is 581. The number of nitrogens with zero attached hydrogens (tertiary/aromatic N) is 1. The van der Waals surface area contributed by atoms with E-state index < -0.39 is 13.9 Å². The average molecular weight is 351 g/mol. The van der Waals surface area contributed by atoms with E-state index in [1.807, 2.05) is 26.1 Å². The molecule has 1 aliphatic carbocycles. The molecule has 5 heteroatoms. The van der Waals surface area contributed by atoms with Crippen molar-refractivity contribution < 1.29 is 9.90 Å². The van der Waals surface area contributed by atoms with Gasteiger partial charge in [-0.1, -0.05) is 20.8 Å². The standard InChI is InChI=1S/C19H34N2O2Si/c1-13-9-14(16-7-8-21-12-17(16)20)10-15(19(13,4)22)11-18(2,3)24(5,6)23/h7-8,12-15,22-23H,9-11,20H2,1-6H3/t13-,14+,15-,19+/m1/s1. The van der Waals surface area contributed by atoms with Crippen molar-refractivity contribution in [2.75, 3.05) is 5.73 Å². The molecule has 0 radical (unpaired) electrons. The number of rotatable bonds is 4. The van der Waals surface area contributed by atoms with E-state index in [0.717, 1.165) is 30.5 Å². The van der Waals surface area contributed by atoms with Gasteiger partial charge in [-0.15, -0.1) is 0 Å². The van der Waals surface area contributed by atoms with E-state index in [2.05, 4.69) is 25.8 Å². The number of aliphatic hydroxyl groups is 1. The van der Waals surface area contributed by atoms with Crippen LogP contribution in [0.1, 0.15) is 58.4 Å². The van der Waals surface area contributed by atoms with Crippen molar-refractivity contribution in [3.8, 4) is 0 Å². The summed E-state index contributed by atoms with van der Waals surface area (Å²) in [5.74, 6) is 0.674. The minimum absolute atomic E-state index is 0.146. The summed E-state index contributed by atoms with van der Waals surface area (Å²) in [5, 5.41) is 11.0. The molecule has 1 saturated carbocycles. The topological polar surface area (TPSA) is 79.4 Å². The lowest BCUT2D eigenvalue weighted by atomic mass is 9.62. The molecule has 0 amide bonds. The van der Waals surface area contributed by atoms with Crippen molar-refractivity contribution in [1.82, 2.24) is 4.98 Å². The highest BCUT2D eigenvalue weighted by Gasteiger charge is 2.49. The summed E-state index contributed by atoms with van der Waals surface area (Å²) in [4.78, 5) is 14.8. The Hall–Kier alpha value is -0.913. The summed E-state index contributed by atoms with van der Waals surface area (Å²) >= 11 is 0. The summed E-state index contributed by atoms with van der Waals surface area (Å²) in [6, 6.07) is 2.01. The van der Waals surface area contributed by atoms with Crippen molar-refractivity contribution in [1.29, 1.82) is 0 Å². The lowest BCUT2D eigenvalue weighted by Crippen LogP contribution is -2.50. The number of hydrogen-bond acceptors (Lipinski definition) is 4. The van der Waals surface area contributed by atoms with E-state index in [1.165, 1.54) is 0 Å². The Morgan fingerprint density at radius 3 is 2.54 bits per heavy atom. The highest BCUT2D eigenvalue weighted by Crippen LogP contribution is 2.52. The first-order valence-corrected chi connectivity index (χ1v) is 11.9. The van der Waals surface area contributed by atoms with E-state index in [9.17, 15) is 9.90 Å². The van der Waals surface area contributed by atoms with Crippen LogP contribution < -0.4 is 5.73 Å². The number of anilines is 1. The van der Waals surface area contributed by atoms with Gasteiger partial charge in [0.25, 0.3) is 0 Å². The molecule has 0 saturated heterocycles. The molecule has 1 aliphatic rings. The molecule has 136 valence electrons. The Kier molecular flexibility index (Phi) is 5.20. The van der Waals surface area contributed by atoms with Crippen LogP contribution in [0, 0.1) is 11.8 Å². The molecule has 1 aromatic rings. The molecule has 4 atom stereocenters. The number of pyridine rings is 1. The maximum Gasteiger partial charge on any atom is 0.188 e. The maximum absolute atomic E-state index is 11.2. The van der Waals surface area contributed by atoms with Gasteiger partial charge in [-0.25, -0.2) is 0 Å². The summed E-state index contributed by atoms with van der Waals surface area (Å²) in [6.07, 6.45) is 6.18. The van der Waals surface area contributed by atoms with E-state index >= 15 is 0 Å². The summed E-state index contributed by atoms with van der Waals surface area (Å²) in [6.45, 7) is 12.4. The maximum atomic E-state index is 11.2. The first kappa shape index (κ1) is 19.4. The van der Waals surface area contributed by atoms with Crippen molar-refractivity contribution in [2.45, 2.75) is 76.6 Å². The van der Waals surface area contributed by atoms with Crippen molar-refractivity contribution in [3.05, 3.63) is 24.0 Å². The molecule has 0 spiro atoms. The third-order valence-electron chi connectivity index (χ3n) is 6.77. The molecular weight excluding hydrogens is 316 g/mol. The highest BCUT2D eigenvalue weighted by atomic mass is 28.4. The zero-order valence-electron chi connectivity index (χ0n) is 16.0. The fourth-order valence-electron chi connectivity index (χ4n) is 3.94. The van der Waals surface area contributed by atoms with Crippen LogP contribution >= 0.6 is 0 Å². The van der Waals surface area contributed by atoms with Crippen LogP contribution in [0.3, 0.4) is 0 Å². The summed E-state index contributed by atoms with van der Waals surface area (Å²) in [5.41, 5.74) is 7.33. The van der Waals surface area contributed by atoms with Crippen LogP contribution in [0.25, 0.3) is 0 Å². The van der Waals surface area contributed by atoms with Crippen molar-refractivity contribution >= 4 is 14.0 Å². The minimum atomic E-state index is -2.31. The van der Waals surface area contributed by atoms with Crippen LogP contribution in [0.4, 0.5) is 5.69 Å². The summed E-state index contributed by atoms with van der Waals surface area (Å²) in [7, 11) is -2.31. The Morgan fingerprint density at radius 2 is 2.00 bits per heavy atom. The zero-order chi connectivity index (χ0) is 18.3. The lowest BCUT2D eigenvalue weighted by Gasteiger charge is -2.49. The number of nitrogens with two attached hydrogens (primary N) is 1. The van der Waals surface area contributed by atoms with Gasteiger partial charge in [0.05, 0.1) is 17.5 Å². The molecule has 4 N–H and O–H groups in total. The Labute approximate surface area is 147 Å². The van der Waals surface area contributed by atoms with Gasteiger partial charge in [0.15, 0.2) is 8.32 Å². The zero-order valence-corrected chi connectivity index (χ0v) is 17.0. The van der Waals surface area contributed by atoms with Gasteiger partial charge in [-0.3, -0.25) is 4.98 Å². The fourth-order valence-corrected chi connectivity index (χ4v) is 4.69. The third-order valence-corrected chi connectivity index (χ3v) is 10.3. The number of nitrogen functional groups attached to an aromatic ring is 1. The van der Waals surface area contributed by atoms with Crippen LogP contribution in [0.2, 0.25) is 18.1 Å². The smallest absolute Gasteiger partial charge is 0.188 e. The molecule has 2 rings (SSSR count). The van der Waals surface area contributed by atoms with Crippen LogP contribution in [-0.2, 0) is 0 Å². The van der Waals surface area contributed by atoms with Gasteiger partial charge in [0, 0.05) is 6.20 Å². The van der Waals surface area contributed by atoms with E-state index in [1.54, 1.807) is 12.4 Å². The monoisotopic (exact) mass is 350 g/mol. The van der Waals surface area contributed by atoms with E-state index in [4.69, 9.17) is 5.73 Å². The predicted molar refractivity (Wildman–Crippen MR) is 102 cm³/mol. The van der Waals surface area contributed by atoms with Crippen LogP contribution in [-0.4, -0.2) is 28.8 Å².